The van der Waals surface area contributed by atoms with Gasteiger partial charge in [0.2, 0.25) is 5.78 Å². The first-order valence-corrected chi connectivity index (χ1v) is 6.34. The van der Waals surface area contributed by atoms with Crippen molar-refractivity contribution in [3.63, 3.8) is 0 Å². The molecule has 7 heteroatoms. The number of carbonyl (C=O) groups excluding carboxylic acids is 1. The van der Waals surface area contributed by atoms with Crippen LogP contribution in [0.4, 0.5) is 8.78 Å². The van der Waals surface area contributed by atoms with E-state index in [4.69, 9.17) is 4.74 Å². The molecule has 22 heavy (non-hydrogen) atoms. The largest absolute Gasteiger partial charge is 0.493 e. The summed E-state index contributed by atoms with van der Waals surface area (Å²) in [5.41, 5.74) is 1.06. The maximum Gasteiger partial charge on any atom is 0.387 e. The average molecular weight is 308 g/mol. The minimum Gasteiger partial charge on any atom is -0.493 e. The minimum absolute atomic E-state index is 0.0624. The number of rotatable bonds is 6. The van der Waals surface area contributed by atoms with Gasteiger partial charge >= 0.3 is 6.61 Å². The lowest BCUT2D eigenvalue weighted by Crippen LogP contribution is -2.04. The van der Waals surface area contributed by atoms with Crippen LogP contribution in [0.5, 0.6) is 11.5 Å². The van der Waals surface area contributed by atoms with Crippen molar-refractivity contribution in [2.75, 3.05) is 7.11 Å². The van der Waals surface area contributed by atoms with Crippen LogP contribution in [-0.4, -0.2) is 29.3 Å². The molecule has 0 saturated heterocycles. The smallest absolute Gasteiger partial charge is 0.387 e. The number of ether oxygens (including phenoxy) is 2. The number of carbonyl (C=O) groups is 1. The fourth-order valence-corrected chi connectivity index (χ4v) is 1.85. The number of hydrogen-bond donors (Lipinski definition) is 0. The van der Waals surface area contributed by atoms with Crippen molar-refractivity contribution in [3.05, 3.63) is 47.8 Å². The van der Waals surface area contributed by atoms with Gasteiger partial charge in [-0.15, -0.1) is 0 Å². The number of methoxy groups -OCH3 is 1. The zero-order valence-electron chi connectivity index (χ0n) is 12.0. The Bertz CT molecular complexity index is 696. The van der Waals surface area contributed by atoms with Crippen molar-refractivity contribution in [3.8, 4) is 11.5 Å². The van der Waals surface area contributed by atoms with E-state index < -0.39 is 6.61 Å². The molecule has 2 aromatic rings. The maximum atomic E-state index is 12.2. The summed E-state index contributed by atoms with van der Waals surface area (Å²) < 4.78 is 35.3. The van der Waals surface area contributed by atoms with Crippen molar-refractivity contribution >= 4 is 11.9 Å². The number of nitrogens with zero attached hydrogens (tertiary/aromatic N) is 2. The normalized spacial score (nSPS) is 11.1. The Morgan fingerprint density at radius 3 is 2.68 bits per heavy atom. The van der Waals surface area contributed by atoms with Gasteiger partial charge in [-0.05, 0) is 29.8 Å². The molecule has 0 aliphatic carbocycles. The van der Waals surface area contributed by atoms with Crippen LogP contribution in [0.15, 0.2) is 36.5 Å². The summed E-state index contributed by atoms with van der Waals surface area (Å²) in [5.74, 6) is -0.116. The highest BCUT2D eigenvalue weighted by Crippen LogP contribution is 2.29. The summed E-state index contributed by atoms with van der Waals surface area (Å²) in [7, 11) is 3.02. The van der Waals surface area contributed by atoms with E-state index in [1.54, 1.807) is 25.3 Å². The Hall–Kier alpha value is -2.70. The van der Waals surface area contributed by atoms with Gasteiger partial charge < -0.3 is 9.47 Å². The Balaban J connectivity index is 2.18. The SMILES string of the molecule is COc1cc(/C=C/C(=O)c2ccnn2C)ccc1OC(F)F. The van der Waals surface area contributed by atoms with Gasteiger partial charge in [0.15, 0.2) is 11.5 Å². The van der Waals surface area contributed by atoms with Gasteiger partial charge in [0.25, 0.3) is 0 Å². The van der Waals surface area contributed by atoms with Crippen LogP contribution in [0.1, 0.15) is 16.1 Å². The van der Waals surface area contributed by atoms with Crippen LogP contribution in [0.3, 0.4) is 0 Å². The molecule has 0 saturated carbocycles. The topological polar surface area (TPSA) is 53.3 Å². The molecule has 0 N–H and O–H groups in total. The number of allylic oxidation sites excluding steroid dienone is 1. The zero-order valence-corrected chi connectivity index (χ0v) is 12.0. The van der Waals surface area contributed by atoms with Gasteiger partial charge in [-0.2, -0.15) is 13.9 Å². The first-order chi connectivity index (χ1) is 10.5. The number of benzene rings is 1. The van der Waals surface area contributed by atoms with E-state index in [1.165, 1.54) is 36.2 Å². The van der Waals surface area contributed by atoms with Crippen LogP contribution < -0.4 is 9.47 Å². The molecule has 116 valence electrons. The van der Waals surface area contributed by atoms with Crippen molar-refractivity contribution in [1.82, 2.24) is 9.78 Å². The predicted octanol–water partition coefficient (Wildman–Crippen LogP) is 2.93. The lowest BCUT2D eigenvalue weighted by atomic mass is 10.1. The molecule has 1 aromatic heterocycles. The van der Waals surface area contributed by atoms with E-state index in [2.05, 4.69) is 9.84 Å². The number of alkyl halides is 2. The second-order valence-electron chi connectivity index (χ2n) is 4.33. The summed E-state index contributed by atoms with van der Waals surface area (Å²) in [6.45, 7) is -2.93. The molecule has 5 nitrogen and oxygen atoms in total. The molecule has 1 aromatic carbocycles. The third-order valence-corrected chi connectivity index (χ3v) is 2.90. The summed E-state index contributed by atoms with van der Waals surface area (Å²) >= 11 is 0. The first-order valence-electron chi connectivity index (χ1n) is 6.34. The minimum atomic E-state index is -2.93. The monoisotopic (exact) mass is 308 g/mol. The van der Waals surface area contributed by atoms with Crippen molar-refractivity contribution < 1.29 is 23.0 Å². The van der Waals surface area contributed by atoms with Crippen molar-refractivity contribution in [2.45, 2.75) is 6.61 Å². The van der Waals surface area contributed by atoms with Gasteiger partial charge in [-0.1, -0.05) is 12.1 Å². The summed E-state index contributed by atoms with van der Waals surface area (Å²) in [5, 5.41) is 3.91. The van der Waals surface area contributed by atoms with Gasteiger partial charge in [-0.25, -0.2) is 0 Å². The second-order valence-corrected chi connectivity index (χ2v) is 4.33. The lowest BCUT2D eigenvalue weighted by Gasteiger charge is -2.10. The lowest BCUT2D eigenvalue weighted by molar-refractivity contribution is -0.0512. The van der Waals surface area contributed by atoms with Crippen molar-refractivity contribution in [2.24, 2.45) is 7.05 Å². The van der Waals surface area contributed by atoms with E-state index in [1.807, 2.05) is 0 Å². The molecule has 1 heterocycles. The molecule has 2 rings (SSSR count). The van der Waals surface area contributed by atoms with E-state index in [0.29, 0.717) is 11.3 Å². The third-order valence-electron chi connectivity index (χ3n) is 2.90. The average Bonchev–Trinajstić information content (AvgIpc) is 2.91. The molecule has 0 aliphatic rings. The molecule has 0 bridgehead atoms. The Kier molecular flexibility index (Phi) is 4.88. The summed E-state index contributed by atoms with van der Waals surface area (Å²) in [6.07, 6.45) is 4.46. The molecule has 0 amide bonds. The number of aromatic nitrogens is 2. The quantitative estimate of drug-likeness (QED) is 0.608. The Morgan fingerprint density at radius 1 is 1.32 bits per heavy atom. The molecule has 0 atom stereocenters. The van der Waals surface area contributed by atoms with Crippen LogP contribution in [0, 0.1) is 0 Å². The van der Waals surface area contributed by atoms with Crippen LogP contribution in [-0.2, 0) is 7.05 Å². The third kappa shape index (κ3) is 3.69. The fraction of sp³-hybridized carbons (Fsp3) is 0.200. The molecule has 0 fully saturated rings. The number of ketones is 1. The van der Waals surface area contributed by atoms with Gasteiger partial charge in [-0.3, -0.25) is 9.48 Å². The zero-order chi connectivity index (χ0) is 16.1. The van der Waals surface area contributed by atoms with E-state index in [0.717, 1.165) is 0 Å². The highest BCUT2D eigenvalue weighted by atomic mass is 19.3. The molecular weight excluding hydrogens is 294 g/mol. The van der Waals surface area contributed by atoms with E-state index in [-0.39, 0.29) is 17.3 Å². The fourth-order valence-electron chi connectivity index (χ4n) is 1.85. The second kappa shape index (κ2) is 6.84. The Labute approximate surface area is 125 Å². The van der Waals surface area contributed by atoms with Crippen LogP contribution in [0.2, 0.25) is 0 Å². The number of aryl methyl sites for hydroxylation is 1. The van der Waals surface area contributed by atoms with Gasteiger partial charge in [0.1, 0.15) is 5.69 Å². The molecular formula is C15H14F2N2O3. The Morgan fingerprint density at radius 2 is 2.09 bits per heavy atom. The number of hydrogen-bond acceptors (Lipinski definition) is 4. The molecule has 0 spiro atoms. The first kappa shape index (κ1) is 15.7. The highest BCUT2D eigenvalue weighted by molar-refractivity contribution is 6.05. The van der Waals surface area contributed by atoms with Gasteiger partial charge in [0, 0.05) is 13.2 Å². The highest BCUT2D eigenvalue weighted by Gasteiger charge is 2.11. The molecule has 0 radical (unpaired) electrons. The van der Waals surface area contributed by atoms with E-state index in [9.17, 15) is 13.6 Å². The van der Waals surface area contributed by atoms with Crippen molar-refractivity contribution in [1.29, 1.82) is 0 Å². The van der Waals surface area contributed by atoms with Gasteiger partial charge in [0.05, 0.1) is 7.11 Å². The van der Waals surface area contributed by atoms with Crippen LogP contribution in [0.25, 0.3) is 6.08 Å². The summed E-state index contributed by atoms with van der Waals surface area (Å²) in [6, 6.07) is 6.02. The van der Waals surface area contributed by atoms with E-state index >= 15 is 0 Å². The molecule has 0 aliphatic heterocycles. The maximum absolute atomic E-state index is 12.2. The molecule has 0 unspecified atom stereocenters. The summed E-state index contributed by atoms with van der Waals surface area (Å²) in [4.78, 5) is 12.0. The number of halogens is 2. The van der Waals surface area contributed by atoms with Crippen LogP contribution >= 0.6 is 0 Å². The standard InChI is InChI=1S/C15H14F2N2O3/c1-19-11(7-8-18-19)12(20)5-3-10-4-6-13(22-15(16)17)14(9-10)21-2/h3-9,15H,1-2H3/b5-3+. The predicted molar refractivity (Wildman–Crippen MR) is 76.2 cm³/mol.